The molecule has 2 N–H and O–H groups in total. The van der Waals surface area contributed by atoms with Crippen LogP contribution in [0.3, 0.4) is 0 Å². The second-order valence-electron chi connectivity index (χ2n) is 2.40. The van der Waals surface area contributed by atoms with E-state index in [4.69, 9.17) is 9.59 Å². The maximum absolute atomic E-state index is 8.98. The van der Waals surface area contributed by atoms with Crippen molar-refractivity contribution in [2.45, 2.75) is 32.4 Å². The molecule has 0 aliphatic carbocycles. The van der Waals surface area contributed by atoms with Crippen LogP contribution in [0.4, 0.5) is 0 Å². The predicted molar refractivity (Wildman–Crippen MR) is 35.8 cm³/mol. The molecule has 0 heterocycles. The lowest BCUT2D eigenvalue weighted by Gasteiger charge is -2.17. The fourth-order valence-corrected chi connectivity index (χ4v) is 1.16. The lowest BCUT2D eigenvalue weighted by Crippen LogP contribution is -2.34. The zero-order valence-corrected chi connectivity index (χ0v) is 6.68. The van der Waals surface area contributed by atoms with Gasteiger partial charge < -0.3 is 9.59 Å². The van der Waals surface area contributed by atoms with E-state index in [1.54, 1.807) is 6.55 Å². The first-order valence-electron chi connectivity index (χ1n) is 2.93. The second-order valence-corrected chi connectivity index (χ2v) is 5.58. The van der Waals surface area contributed by atoms with Gasteiger partial charge in [0.25, 0.3) is 0 Å². The van der Waals surface area contributed by atoms with Gasteiger partial charge in [-0.3, -0.25) is 0 Å². The van der Waals surface area contributed by atoms with Crippen molar-refractivity contribution >= 4 is 8.56 Å². The van der Waals surface area contributed by atoms with Gasteiger partial charge in [-0.1, -0.05) is 20.3 Å². The highest BCUT2D eigenvalue weighted by molar-refractivity contribution is 6.64. The van der Waals surface area contributed by atoms with Crippen molar-refractivity contribution in [3.63, 3.8) is 0 Å². The van der Waals surface area contributed by atoms with Crippen molar-refractivity contribution in [3.8, 4) is 0 Å². The van der Waals surface area contributed by atoms with Crippen LogP contribution in [0.15, 0.2) is 0 Å². The van der Waals surface area contributed by atoms with Gasteiger partial charge in [0.15, 0.2) is 0 Å². The van der Waals surface area contributed by atoms with Crippen LogP contribution in [0.2, 0.25) is 12.1 Å². The van der Waals surface area contributed by atoms with Crippen molar-refractivity contribution in [3.05, 3.63) is 0 Å². The molecule has 0 radical (unpaired) electrons. The smallest absolute Gasteiger partial charge is 0.332 e. The summed E-state index contributed by atoms with van der Waals surface area (Å²) in [5, 5.41) is 0. The number of rotatable bonds is 2. The van der Waals surface area contributed by atoms with Gasteiger partial charge >= 0.3 is 8.56 Å². The van der Waals surface area contributed by atoms with Gasteiger partial charge in [-0.15, -0.1) is 0 Å². The van der Waals surface area contributed by atoms with E-state index in [0.29, 0.717) is 0 Å². The summed E-state index contributed by atoms with van der Waals surface area (Å²) in [6.07, 6.45) is 0.857. The molecule has 0 fully saturated rings. The Morgan fingerprint density at radius 1 is 1.50 bits per heavy atom. The zero-order valence-electron chi connectivity index (χ0n) is 5.68. The van der Waals surface area contributed by atoms with E-state index in [2.05, 4.69) is 0 Å². The molecule has 0 aliphatic rings. The summed E-state index contributed by atoms with van der Waals surface area (Å²) in [4.78, 5) is 18.0. The summed E-state index contributed by atoms with van der Waals surface area (Å²) < 4.78 is 0. The lowest BCUT2D eigenvalue weighted by atomic mass is 10.4. The van der Waals surface area contributed by atoms with Crippen molar-refractivity contribution < 1.29 is 9.59 Å². The number of hydrogen-bond acceptors (Lipinski definition) is 2. The van der Waals surface area contributed by atoms with Gasteiger partial charge in [0.2, 0.25) is 0 Å². The highest BCUT2D eigenvalue weighted by Gasteiger charge is 2.28. The molecule has 50 valence electrons. The molecular formula is C5H14O2Si. The monoisotopic (exact) mass is 134 g/mol. The third-order valence-corrected chi connectivity index (χ3v) is 3.82. The molecule has 0 saturated carbocycles. The Balaban J connectivity index is 3.62. The molecule has 0 amide bonds. The molecule has 0 spiro atoms. The summed E-state index contributed by atoms with van der Waals surface area (Å²) in [7, 11) is -2.76. The summed E-state index contributed by atoms with van der Waals surface area (Å²) in [5.41, 5.74) is 0.0995. The molecular weight excluding hydrogens is 120 g/mol. The minimum absolute atomic E-state index is 0.0995. The molecule has 0 rings (SSSR count). The van der Waals surface area contributed by atoms with Crippen molar-refractivity contribution in [1.82, 2.24) is 0 Å². The van der Waals surface area contributed by atoms with Gasteiger partial charge in [-0.2, -0.15) is 0 Å². The minimum Gasteiger partial charge on any atom is -0.411 e. The Morgan fingerprint density at radius 2 is 1.88 bits per heavy atom. The van der Waals surface area contributed by atoms with E-state index in [9.17, 15) is 0 Å². The highest BCUT2D eigenvalue weighted by atomic mass is 28.4. The number of hydrogen-bond donors (Lipinski definition) is 2. The Bertz CT molecular complexity index is 67.3. The molecule has 0 aromatic carbocycles. The van der Waals surface area contributed by atoms with Gasteiger partial charge in [0.05, 0.1) is 0 Å². The van der Waals surface area contributed by atoms with E-state index >= 15 is 0 Å². The molecule has 2 nitrogen and oxygen atoms in total. The second kappa shape index (κ2) is 2.62. The zero-order chi connectivity index (χ0) is 6.78. The van der Waals surface area contributed by atoms with Crippen LogP contribution in [-0.2, 0) is 0 Å². The Labute approximate surface area is 51.4 Å². The topological polar surface area (TPSA) is 40.5 Å². The van der Waals surface area contributed by atoms with Crippen LogP contribution in [-0.4, -0.2) is 18.2 Å². The van der Waals surface area contributed by atoms with E-state index < -0.39 is 8.56 Å². The van der Waals surface area contributed by atoms with E-state index in [1.807, 2.05) is 13.8 Å². The summed E-state index contributed by atoms with van der Waals surface area (Å²) in [6, 6.07) is 0. The van der Waals surface area contributed by atoms with Gasteiger partial charge in [-0.05, 0) is 12.1 Å². The molecule has 1 unspecified atom stereocenters. The van der Waals surface area contributed by atoms with E-state index in [1.165, 1.54) is 0 Å². The van der Waals surface area contributed by atoms with Gasteiger partial charge in [-0.25, -0.2) is 0 Å². The van der Waals surface area contributed by atoms with E-state index in [0.717, 1.165) is 6.42 Å². The molecule has 8 heavy (non-hydrogen) atoms. The highest BCUT2D eigenvalue weighted by Crippen LogP contribution is 2.18. The summed E-state index contributed by atoms with van der Waals surface area (Å²) >= 11 is 0. The van der Waals surface area contributed by atoms with Crippen LogP contribution < -0.4 is 0 Å². The Kier molecular flexibility index (Phi) is 2.66. The van der Waals surface area contributed by atoms with Crippen LogP contribution in [0, 0.1) is 0 Å². The molecule has 0 aromatic rings. The quantitative estimate of drug-likeness (QED) is 0.549. The third kappa shape index (κ3) is 2.45. The summed E-state index contributed by atoms with van der Waals surface area (Å²) in [5.74, 6) is 0. The molecule has 3 heteroatoms. The van der Waals surface area contributed by atoms with Crippen molar-refractivity contribution in [1.29, 1.82) is 0 Å². The van der Waals surface area contributed by atoms with Crippen molar-refractivity contribution in [2.75, 3.05) is 0 Å². The molecule has 1 atom stereocenters. The Morgan fingerprint density at radius 3 is 1.88 bits per heavy atom. The Hall–Kier alpha value is 0.137. The maximum Gasteiger partial charge on any atom is 0.332 e. The fraction of sp³-hybridized carbons (Fsp3) is 1.00. The SMILES string of the molecule is CCC(C)[Si](C)(O)O. The average molecular weight is 134 g/mol. The van der Waals surface area contributed by atoms with Gasteiger partial charge in [0, 0.05) is 0 Å². The average Bonchev–Trinajstić information content (AvgIpc) is 1.62. The first-order chi connectivity index (χ1) is 3.48. The molecule has 0 aromatic heterocycles. The maximum atomic E-state index is 8.98. The first-order valence-corrected chi connectivity index (χ1v) is 5.40. The van der Waals surface area contributed by atoms with Gasteiger partial charge in [0.1, 0.15) is 0 Å². The van der Waals surface area contributed by atoms with Crippen LogP contribution in [0.1, 0.15) is 20.3 Å². The normalized spacial score (nSPS) is 16.1. The minimum atomic E-state index is -2.76. The lowest BCUT2D eigenvalue weighted by molar-refractivity contribution is 0.349. The fourth-order valence-electron chi connectivity index (χ4n) is 0.387. The molecule has 0 saturated heterocycles. The predicted octanol–water partition coefficient (Wildman–Crippen LogP) is 0.843. The van der Waals surface area contributed by atoms with E-state index in [-0.39, 0.29) is 5.54 Å². The molecule has 0 aliphatic heterocycles. The molecule has 0 bridgehead atoms. The van der Waals surface area contributed by atoms with Crippen molar-refractivity contribution in [2.24, 2.45) is 0 Å². The van der Waals surface area contributed by atoms with Crippen LogP contribution in [0.25, 0.3) is 0 Å². The third-order valence-electron chi connectivity index (χ3n) is 1.55. The van der Waals surface area contributed by atoms with Crippen LogP contribution in [0.5, 0.6) is 0 Å². The standard InChI is InChI=1S/C5H14O2Si/c1-4-5(2)8(3,6)7/h5-7H,4H2,1-3H3. The largest absolute Gasteiger partial charge is 0.411 e. The first kappa shape index (κ1) is 8.14. The summed E-state index contributed by atoms with van der Waals surface area (Å²) in [6.45, 7) is 5.37. The van der Waals surface area contributed by atoms with Crippen LogP contribution >= 0.6 is 0 Å².